The molecule has 1 rings (SSSR count). The predicted molar refractivity (Wildman–Crippen MR) is 55.9 cm³/mol. The molecule has 1 aliphatic rings. The van der Waals surface area contributed by atoms with Gasteiger partial charge in [0, 0.05) is 19.3 Å². The first-order valence-corrected chi connectivity index (χ1v) is 5.43. The van der Waals surface area contributed by atoms with Gasteiger partial charge < -0.3 is 10.1 Å². The first-order chi connectivity index (χ1) is 7.15. The molecular weight excluding hydrogens is 192 g/mol. The molecular formula is C11H18N2O2. The Hall–Kier alpha value is -1.08. The number of ether oxygens (including phenoxy) is 1. The zero-order valence-corrected chi connectivity index (χ0v) is 9.32. The van der Waals surface area contributed by atoms with E-state index >= 15 is 0 Å². The highest BCUT2D eigenvalue weighted by molar-refractivity contribution is 5.80. The Morgan fingerprint density at radius 1 is 1.47 bits per heavy atom. The lowest BCUT2D eigenvalue weighted by Gasteiger charge is -2.28. The van der Waals surface area contributed by atoms with E-state index in [0.29, 0.717) is 5.92 Å². The molecule has 15 heavy (non-hydrogen) atoms. The summed E-state index contributed by atoms with van der Waals surface area (Å²) in [6, 6.07) is 2.07. The molecule has 0 aromatic heterocycles. The van der Waals surface area contributed by atoms with Crippen molar-refractivity contribution in [2.45, 2.75) is 32.7 Å². The standard InChI is InChI=1S/C11H18N2O2/c1-8(7-12)11(14)13-9(2)10-3-5-15-6-4-10/h8-10H,3-6H2,1-2H3,(H,13,14). The van der Waals surface area contributed by atoms with Crippen LogP contribution in [-0.4, -0.2) is 25.2 Å². The molecule has 1 fully saturated rings. The molecule has 0 spiro atoms. The number of hydrogen-bond acceptors (Lipinski definition) is 3. The van der Waals surface area contributed by atoms with Crippen molar-refractivity contribution in [1.82, 2.24) is 5.32 Å². The van der Waals surface area contributed by atoms with Crippen LogP contribution in [0.25, 0.3) is 0 Å². The van der Waals surface area contributed by atoms with Gasteiger partial charge in [0.05, 0.1) is 6.07 Å². The van der Waals surface area contributed by atoms with Gasteiger partial charge in [-0.2, -0.15) is 5.26 Å². The first kappa shape index (κ1) is 12.0. The van der Waals surface area contributed by atoms with Gasteiger partial charge in [-0.05, 0) is 32.6 Å². The second kappa shape index (κ2) is 5.72. The summed E-state index contributed by atoms with van der Waals surface area (Å²) in [5.41, 5.74) is 0. The van der Waals surface area contributed by atoms with E-state index in [0.717, 1.165) is 26.1 Å². The number of hydrogen-bond donors (Lipinski definition) is 1. The summed E-state index contributed by atoms with van der Waals surface area (Å²) in [7, 11) is 0. The van der Waals surface area contributed by atoms with E-state index < -0.39 is 5.92 Å². The van der Waals surface area contributed by atoms with E-state index in [1.807, 2.05) is 13.0 Å². The highest BCUT2D eigenvalue weighted by atomic mass is 16.5. The van der Waals surface area contributed by atoms with Gasteiger partial charge in [-0.15, -0.1) is 0 Å². The van der Waals surface area contributed by atoms with Gasteiger partial charge in [0.25, 0.3) is 0 Å². The monoisotopic (exact) mass is 210 g/mol. The second-order valence-electron chi connectivity index (χ2n) is 4.10. The summed E-state index contributed by atoms with van der Waals surface area (Å²) in [5.74, 6) is -0.252. The Balaban J connectivity index is 2.37. The number of carbonyl (C=O) groups is 1. The fraction of sp³-hybridized carbons (Fsp3) is 0.818. The fourth-order valence-electron chi connectivity index (χ4n) is 1.74. The maximum absolute atomic E-state index is 11.5. The summed E-state index contributed by atoms with van der Waals surface area (Å²) < 4.78 is 5.26. The Bertz CT molecular complexity index is 254. The lowest BCUT2D eigenvalue weighted by molar-refractivity contribution is -0.124. The third-order valence-corrected chi connectivity index (χ3v) is 2.93. The van der Waals surface area contributed by atoms with Crippen LogP contribution in [0.3, 0.4) is 0 Å². The van der Waals surface area contributed by atoms with Crippen LogP contribution < -0.4 is 5.32 Å². The number of rotatable bonds is 3. The van der Waals surface area contributed by atoms with Gasteiger partial charge in [-0.3, -0.25) is 4.79 Å². The summed E-state index contributed by atoms with van der Waals surface area (Å²) in [5, 5.41) is 11.5. The number of nitrogens with one attached hydrogen (secondary N) is 1. The summed E-state index contributed by atoms with van der Waals surface area (Å²) in [6.45, 7) is 5.17. The largest absolute Gasteiger partial charge is 0.381 e. The van der Waals surface area contributed by atoms with Gasteiger partial charge in [0.2, 0.25) is 5.91 Å². The van der Waals surface area contributed by atoms with Crippen molar-refractivity contribution in [3.63, 3.8) is 0 Å². The van der Waals surface area contributed by atoms with Crippen molar-refractivity contribution in [2.75, 3.05) is 13.2 Å². The van der Waals surface area contributed by atoms with Crippen molar-refractivity contribution < 1.29 is 9.53 Å². The van der Waals surface area contributed by atoms with E-state index in [4.69, 9.17) is 10.00 Å². The van der Waals surface area contributed by atoms with Gasteiger partial charge in [-0.1, -0.05) is 0 Å². The van der Waals surface area contributed by atoms with Gasteiger partial charge in [-0.25, -0.2) is 0 Å². The van der Waals surface area contributed by atoms with E-state index in [1.165, 1.54) is 0 Å². The van der Waals surface area contributed by atoms with E-state index in [-0.39, 0.29) is 11.9 Å². The molecule has 0 aromatic carbocycles. The van der Waals surface area contributed by atoms with E-state index in [2.05, 4.69) is 5.32 Å². The molecule has 0 saturated carbocycles. The van der Waals surface area contributed by atoms with Gasteiger partial charge in [0.1, 0.15) is 5.92 Å². The highest BCUT2D eigenvalue weighted by Gasteiger charge is 2.23. The molecule has 2 unspecified atom stereocenters. The molecule has 1 saturated heterocycles. The van der Waals surface area contributed by atoms with E-state index in [1.54, 1.807) is 6.92 Å². The smallest absolute Gasteiger partial charge is 0.237 e. The Labute approximate surface area is 90.6 Å². The van der Waals surface area contributed by atoms with Crippen LogP contribution in [0.5, 0.6) is 0 Å². The maximum Gasteiger partial charge on any atom is 0.237 e. The van der Waals surface area contributed by atoms with Crippen molar-refractivity contribution in [2.24, 2.45) is 11.8 Å². The highest BCUT2D eigenvalue weighted by Crippen LogP contribution is 2.18. The zero-order valence-electron chi connectivity index (χ0n) is 9.32. The molecule has 0 bridgehead atoms. The van der Waals surface area contributed by atoms with Gasteiger partial charge >= 0.3 is 0 Å². The number of amides is 1. The number of carbonyl (C=O) groups excluding carboxylic acids is 1. The van der Waals surface area contributed by atoms with E-state index in [9.17, 15) is 4.79 Å². The Morgan fingerprint density at radius 2 is 2.07 bits per heavy atom. The van der Waals surface area contributed by atoms with Crippen LogP contribution in [-0.2, 0) is 9.53 Å². The summed E-state index contributed by atoms with van der Waals surface area (Å²) in [6.07, 6.45) is 1.98. The van der Waals surface area contributed by atoms with Crippen LogP contribution in [0.4, 0.5) is 0 Å². The normalized spacial score (nSPS) is 21.4. The Morgan fingerprint density at radius 3 is 2.60 bits per heavy atom. The quantitative estimate of drug-likeness (QED) is 0.758. The SMILES string of the molecule is CC(C#N)C(=O)NC(C)C1CCOCC1. The van der Waals surface area contributed by atoms with Crippen molar-refractivity contribution in [3.05, 3.63) is 0 Å². The molecule has 1 amide bonds. The first-order valence-electron chi connectivity index (χ1n) is 5.43. The Kier molecular flexibility index (Phi) is 4.57. The average molecular weight is 210 g/mol. The molecule has 4 nitrogen and oxygen atoms in total. The predicted octanol–water partition coefficient (Wildman–Crippen LogP) is 1.08. The molecule has 0 aliphatic carbocycles. The van der Waals surface area contributed by atoms with Crippen LogP contribution in [0.1, 0.15) is 26.7 Å². The topological polar surface area (TPSA) is 62.1 Å². The molecule has 1 aliphatic heterocycles. The molecule has 0 aromatic rings. The van der Waals surface area contributed by atoms with Crippen LogP contribution in [0, 0.1) is 23.2 Å². The number of nitrogens with zero attached hydrogens (tertiary/aromatic N) is 1. The minimum atomic E-state index is -0.563. The lowest BCUT2D eigenvalue weighted by Crippen LogP contribution is -2.42. The third kappa shape index (κ3) is 3.52. The zero-order chi connectivity index (χ0) is 11.3. The fourth-order valence-corrected chi connectivity index (χ4v) is 1.74. The average Bonchev–Trinajstić information content (AvgIpc) is 2.29. The van der Waals surface area contributed by atoms with Crippen molar-refractivity contribution >= 4 is 5.91 Å². The maximum atomic E-state index is 11.5. The minimum Gasteiger partial charge on any atom is -0.381 e. The lowest BCUT2D eigenvalue weighted by atomic mass is 9.92. The molecule has 2 atom stereocenters. The summed E-state index contributed by atoms with van der Waals surface area (Å²) in [4.78, 5) is 11.5. The van der Waals surface area contributed by atoms with Crippen LogP contribution in [0.15, 0.2) is 0 Å². The summed E-state index contributed by atoms with van der Waals surface area (Å²) >= 11 is 0. The van der Waals surface area contributed by atoms with Crippen molar-refractivity contribution in [3.8, 4) is 6.07 Å². The third-order valence-electron chi connectivity index (χ3n) is 2.93. The number of nitriles is 1. The van der Waals surface area contributed by atoms with Gasteiger partial charge in [0.15, 0.2) is 0 Å². The minimum absolute atomic E-state index is 0.136. The molecule has 84 valence electrons. The van der Waals surface area contributed by atoms with Crippen molar-refractivity contribution in [1.29, 1.82) is 5.26 Å². The van der Waals surface area contributed by atoms with Crippen LogP contribution >= 0.6 is 0 Å². The molecule has 4 heteroatoms. The molecule has 1 heterocycles. The molecule has 1 N–H and O–H groups in total. The molecule has 0 radical (unpaired) electrons. The second-order valence-corrected chi connectivity index (χ2v) is 4.10. The van der Waals surface area contributed by atoms with Crippen LogP contribution in [0.2, 0.25) is 0 Å².